The van der Waals surface area contributed by atoms with Gasteiger partial charge in [0.1, 0.15) is 21.7 Å². The van der Waals surface area contributed by atoms with Gasteiger partial charge in [-0.15, -0.1) is 11.3 Å². The number of hydrogen-bond donors (Lipinski definition) is 0. The van der Waals surface area contributed by atoms with Crippen molar-refractivity contribution in [1.82, 2.24) is 14.3 Å². The van der Waals surface area contributed by atoms with Crippen LogP contribution in [0.1, 0.15) is 18.7 Å². The monoisotopic (exact) mass is 393 g/mol. The van der Waals surface area contributed by atoms with Gasteiger partial charge in [-0.25, -0.2) is 18.4 Å². The van der Waals surface area contributed by atoms with Crippen LogP contribution in [-0.2, 0) is 10.0 Å². The number of hydrogen-bond acceptors (Lipinski definition) is 7. The maximum Gasteiger partial charge on any atom is 0.252 e. The Morgan fingerprint density at radius 1 is 0.962 bits per heavy atom. The van der Waals surface area contributed by atoms with Crippen molar-refractivity contribution >= 4 is 33.0 Å². The highest BCUT2D eigenvalue weighted by Crippen LogP contribution is 2.26. The van der Waals surface area contributed by atoms with Gasteiger partial charge in [0, 0.05) is 45.3 Å². The molecule has 0 amide bonds. The Bertz CT molecular complexity index is 855. The van der Waals surface area contributed by atoms with Crippen molar-refractivity contribution in [3.8, 4) is 0 Å². The molecule has 140 valence electrons. The third-order valence-electron chi connectivity index (χ3n) is 4.89. The maximum absolute atomic E-state index is 12.7. The van der Waals surface area contributed by atoms with Gasteiger partial charge in [0.2, 0.25) is 0 Å². The summed E-state index contributed by atoms with van der Waals surface area (Å²) in [6.07, 6.45) is 2.41. The van der Waals surface area contributed by atoms with Gasteiger partial charge in [0.05, 0.1) is 0 Å². The fourth-order valence-corrected chi connectivity index (χ4v) is 6.07. The molecule has 0 atom stereocenters. The highest BCUT2D eigenvalue weighted by molar-refractivity contribution is 7.91. The second-order valence-corrected chi connectivity index (χ2v) is 9.76. The molecule has 26 heavy (non-hydrogen) atoms. The smallest absolute Gasteiger partial charge is 0.252 e. The number of piperazine rings is 1. The van der Waals surface area contributed by atoms with Crippen LogP contribution in [0.15, 0.2) is 27.8 Å². The van der Waals surface area contributed by atoms with Crippen molar-refractivity contribution < 1.29 is 8.42 Å². The number of anilines is 2. The Hall–Kier alpha value is -1.71. The molecule has 0 saturated carbocycles. The van der Waals surface area contributed by atoms with Crippen LogP contribution in [0.25, 0.3) is 0 Å². The molecule has 0 aromatic carbocycles. The zero-order valence-corrected chi connectivity index (χ0v) is 16.5. The van der Waals surface area contributed by atoms with E-state index in [9.17, 15) is 8.42 Å². The number of sulfonamides is 1. The molecule has 9 heteroatoms. The molecule has 0 aliphatic carbocycles. The van der Waals surface area contributed by atoms with E-state index < -0.39 is 10.0 Å². The molecule has 2 aliphatic rings. The zero-order valence-electron chi connectivity index (χ0n) is 14.8. The van der Waals surface area contributed by atoms with Gasteiger partial charge in [-0.05, 0) is 31.2 Å². The van der Waals surface area contributed by atoms with Gasteiger partial charge in [-0.2, -0.15) is 4.31 Å². The molecule has 0 N–H and O–H groups in total. The molecule has 0 spiro atoms. The number of aryl methyl sites for hydroxylation is 1. The maximum atomic E-state index is 12.7. The normalized spacial score (nSPS) is 19.3. The first kappa shape index (κ1) is 17.7. The second-order valence-electron chi connectivity index (χ2n) is 6.65. The average Bonchev–Trinajstić information content (AvgIpc) is 3.35. The van der Waals surface area contributed by atoms with Crippen molar-refractivity contribution in [1.29, 1.82) is 0 Å². The Kier molecular flexibility index (Phi) is 4.85. The standard InChI is InChI=1S/C17H23N5O2S2/c1-14-18-15(20-6-2-3-7-20)13-16(19-14)21-8-10-22(11-9-21)26(23,24)17-5-4-12-25-17/h4-5,12-13H,2-3,6-11H2,1H3. The molecular weight excluding hydrogens is 370 g/mol. The topological polar surface area (TPSA) is 69.6 Å². The number of aromatic nitrogens is 2. The van der Waals surface area contributed by atoms with Gasteiger partial charge in [-0.1, -0.05) is 6.07 Å². The molecular formula is C17H23N5O2S2. The lowest BCUT2D eigenvalue weighted by atomic mass is 10.3. The van der Waals surface area contributed by atoms with E-state index in [1.54, 1.807) is 21.8 Å². The summed E-state index contributed by atoms with van der Waals surface area (Å²) in [6, 6.07) is 5.49. The zero-order chi connectivity index (χ0) is 18.1. The molecule has 2 aromatic rings. The van der Waals surface area contributed by atoms with Crippen LogP contribution in [0.2, 0.25) is 0 Å². The molecule has 4 rings (SSSR count). The molecule has 2 fully saturated rings. The lowest BCUT2D eigenvalue weighted by Crippen LogP contribution is -2.48. The van der Waals surface area contributed by atoms with E-state index in [1.807, 2.05) is 13.0 Å². The van der Waals surface area contributed by atoms with Crippen LogP contribution in [0.4, 0.5) is 11.6 Å². The lowest BCUT2D eigenvalue weighted by molar-refractivity contribution is 0.384. The van der Waals surface area contributed by atoms with Crippen LogP contribution in [0, 0.1) is 6.92 Å². The predicted octanol–water partition coefficient (Wildman–Crippen LogP) is 1.96. The summed E-state index contributed by atoms with van der Waals surface area (Å²) in [7, 11) is -3.37. The first-order chi connectivity index (χ1) is 12.5. The summed E-state index contributed by atoms with van der Waals surface area (Å²) in [5.74, 6) is 2.64. The van der Waals surface area contributed by atoms with Crippen molar-refractivity contribution in [2.75, 3.05) is 49.1 Å². The summed E-state index contributed by atoms with van der Waals surface area (Å²) >= 11 is 1.27. The van der Waals surface area contributed by atoms with E-state index >= 15 is 0 Å². The van der Waals surface area contributed by atoms with E-state index in [2.05, 4.69) is 19.8 Å². The van der Waals surface area contributed by atoms with Gasteiger partial charge < -0.3 is 9.80 Å². The van der Waals surface area contributed by atoms with E-state index in [-0.39, 0.29) is 0 Å². The molecule has 4 heterocycles. The highest BCUT2D eigenvalue weighted by atomic mass is 32.2. The fraction of sp³-hybridized carbons (Fsp3) is 0.529. The van der Waals surface area contributed by atoms with Crippen LogP contribution in [-0.4, -0.2) is 62.0 Å². The Morgan fingerprint density at radius 3 is 2.15 bits per heavy atom. The predicted molar refractivity (Wildman–Crippen MR) is 104 cm³/mol. The summed E-state index contributed by atoms with van der Waals surface area (Å²) in [6.45, 7) is 6.23. The van der Waals surface area contributed by atoms with Crippen LogP contribution in [0.3, 0.4) is 0 Å². The summed E-state index contributed by atoms with van der Waals surface area (Å²) in [4.78, 5) is 13.6. The molecule has 0 unspecified atom stereocenters. The molecule has 0 bridgehead atoms. The lowest BCUT2D eigenvalue weighted by Gasteiger charge is -2.34. The second kappa shape index (κ2) is 7.13. The minimum atomic E-state index is -3.37. The molecule has 2 aromatic heterocycles. The van der Waals surface area contributed by atoms with Crippen LogP contribution in [0.5, 0.6) is 0 Å². The van der Waals surface area contributed by atoms with E-state index in [4.69, 9.17) is 0 Å². The Morgan fingerprint density at radius 2 is 1.58 bits per heavy atom. The number of rotatable bonds is 4. The third-order valence-corrected chi connectivity index (χ3v) is 8.16. The van der Waals surface area contributed by atoms with Crippen molar-refractivity contribution in [3.63, 3.8) is 0 Å². The van der Waals surface area contributed by atoms with Crippen molar-refractivity contribution in [3.05, 3.63) is 29.4 Å². The number of nitrogens with zero attached hydrogens (tertiary/aromatic N) is 5. The van der Waals surface area contributed by atoms with E-state index in [0.29, 0.717) is 30.4 Å². The van der Waals surface area contributed by atoms with Crippen LogP contribution >= 0.6 is 11.3 Å². The third kappa shape index (κ3) is 3.43. The SMILES string of the molecule is Cc1nc(N2CCCC2)cc(N2CCN(S(=O)(=O)c3cccs3)CC2)n1. The van der Waals surface area contributed by atoms with Crippen molar-refractivity contribution in [2.45, 2.75) is 24.0 Å². The van der Waals surface area contributed by atoms with Gasteiger partial charge in [0.15, 0.2) is 0 Å². The molecule has 2 saturated heterocycles. The highest BCUT2D eigenvalue weighted by Gasteiger charge is 2.30. The number of thiophene rings is 1. The largest absolute Gasteiger partial charge is 0.356 e. The molecule has 2 aliphatic heterocycles. The van der Waals surface area contributed by atoms with Gasteiger partial charge >= 0.3 is 0 Å². The minimum absolute atomic E-state index is 0.417. The fourth-order valence-electron chi connectivity index (χ4n) is 3.50. The Balaban J connectivity index is 1.48. The average molecular weight is 394 g/mol. The summed E-state index contributed by atoms with van der Waals surface area (Å²) < 4.78 is 27.3. The Labute approximate surface area is 158 Å². The first-order valence-electron chi connectivity index (χ1n) is 8.93. The van der Waals surface area contributed by atoms with Crippen molar-refractivity contribution in [2.24, 2.45) is 0 Å². The molecule has 0 radical (unpaired) electrons. The first-order valence-corrected chi connectivity index (χ1v) is 11.3. The molecule has 7 nitrogen and oxygen atoms in total. The quantitative estimate of drug-likeness (QED) is 0.791. The van der Waals surface area contributed by atoms with Crippen LogP contribution < -0.4 is 9.80 Å². The van der Waals surface area contributed by atoms with E-state index in [1.165, 1.54) is 24.2 Å². The summed E-state index contributed by atoms with van der Waals surface area (Å²) in [5.41, 5.74) is 0. The van der Waals surface area contributed by atoms with Gasteiger partial charge in [-0.3, -0.25) is 0 Å². The van der Waals surface area contributed by atoms with Gasteiger partial charge in [0.25, 0.3) is 10.0 Å². The summed E-state index contributed by atoms with van der Waals surface area (Å²) in [5, 5.41) is 1.80. The van der Waals surface area contributed by atoms with E-state index in [0.717, 1.165) is 30.5 Å². The minimum Gasteiger partial charge on any atom is -0.356 e.